The molecule has 0 aromatic heterocycles. The Labute approximate surface area is 141 Å². The minimum Gasteiger partial charge on any atom is -1.00 e. The summed E-state index contributed by atoms with van der Waals surface area (Å²) < 4.78 is 20.7. The van der Waals surface area contributed by atoms with Crippen LogP contribution in [0.25, 0.3) is 0 Å². The predicted octanol–water partition coefficient (Wildman–Crippen LogP) is -0.999. The van der Waals surface area contributed by atoms with Crippen molar-refractivity contribution in [1.29, 1.82) is 0 Å². The number of ether oxygens (including phenoxy) is 4. The van der Waals surface area contributed by atoms with Gasteiger partial charge in [-0.1, -0.05) is 20.8 Å². The zero-order valence-corrected chi connectivity index (χ0v) is 15.1. The normalized spacial score (nSPS) is 9.32. The monoisotopic (exact) mass is 342 g/mol. The van der Waals surface area contributed by atoms with Crippen LogP contribution in [0.5, 0.6) is 11.5 Å². The van der Waals surface area contributed by atoms with Crippen LogP contribution in [-0.2, 0) is 9.47 Å². The van der Waals surface area contributed by atoms with E-state index in [9.17, 15) is 0 Å². The first-order chi connectivity index (χ1) is 8.11. The molecule has 0 amide bonds. The third kappa shape index (κ3) is 5.87. The van der Waals surface area contributed by atoms with Gasteiger partial charge in [0.15, 0.2) is 13.6 Å². The Kier molecular flexibility index (Phi) is 12.0. The molecule has 1 aromatic carbocycles. The van der Waals surface area contributed by atoms with E-state index >= 15 is 0 Å². The van der Waals surface area contributed by atoms with Crippen molar-refractivity contribution in [3.8, 4) is 11.5 Å². The molecule has 0 aliphatic rings. The first-order valence-electron chi connectivity index (χ1n) is 5.38. The summed E-state index contributed by atoms with van der Waals surface area (Å²) in [6.45, 7) is 6.33. The second-order valence-electron chi connectivity index (χ2n) is 3.76. The van der Waals surface area contributed by atoms with Gasteiger partial charge in [0.1, 0.15) is 0 Å². The number of hydrogen-bond donors (Lipinski definition) is 0. The second-order valence-corrected chi connectivity index (χ2v) is 3.76. The molecule has 0 saturated carbocycles. The van der Waals surface area contributed by atoms with Crippen molar-refractivity contribution in [2.45, 2.75) is 20.8 Å². The van der Waals surface area contributed by atoms with E-state index in [4.69, 9.17) is 18.9 Å². The van der Waals surface area contributed by atoms with Gasteiger partial charge in [0.25, 0.3) is 0 Å². The molecule has 0 bridgehead atoms. The maximum atomic E-state index is 5.52. The van der Waals surface area contributed by atoms with Crippen molar-refractivity contribution >= 4 is 23.1 Å². The average molecular weight is 343 g/mol. The van der Waals surface area contributed by atoms with Crippen LogP contribution in [0.15, 0.2) is 0 Å². The summed E-state index contributed by atoms with van der Waals surface area (Å²) in [7, 11) is 3.18. The summed E-state index contributed by atoms with van der Waals surface area (Å²) in [5.74, 6) is 1.50. The number of methoxy groups -OCH3 is 2. The van der Waals surface area contributed by atoms with Crippen LogP contribution in [-0.4, -0.2) is 50.9 Å². The fourth-order valence-electron chi connectivity index (χ4n) is 1.54. The van der Waals surface area contributed by atoms with Crippen molar-refractivity contribution in [3.05, 3.63) is 22.8 Å². The molecular formula is C13H19BrMgO4. The second kappa shape index (κ2) is 10.7. The number of aryl methyl sites for hydroxylation is 1. The quantitative estimate of drug-likeness (QED) is 0.377. The van der Waals surface area contributed by atoms with E-state index in [2.05, 4.69) is 6.07 Å². The molecule has 0 spiro atoms. The number of rotatable bonds is 6. The van der Waals surface area contributed by atoms with Crippen LogP contribution in [0.4, 0.5) is 0 Å². The molecule has 0 saturated heterocycles. The van der Waals surface area contributed by atoms with E-state index in [0.29, 0.717) is 5.75 Å². The van der Waals surface area contributed by atoms with Crippen LogP contribution in [0, 0.1) is 26.8 Å². The topological polar surface area (TPSA) is 36.9 Å². The Balaban J connectivity index is 0. The zero-order valence-electron chi connectivity index (χ0n) is 12.1. The van der Waals surface area contributed by atoms with Crippen molar-refractivity contribution in [2.24, 2.45) is 0 Å². The molecule has 104 valence electrons. The number of halogens is 1. The van der Waals surface area contributed by atoms with Gasteiger partial charge >= 0.3 is 23.1 Å². The van der Waals surface area contributed by atoms with Crippen LogP contribution >= 0.6 is 0 Å². The fourth-order valence-corrected chi connectivity index (χ4v) is 1.54. The van der Waals surface area contributed by atoms with Gasteiger partial charge in [-0.05, 0) is 0 Å². The average Bonchev–Trinajstić information content (AvgIpc) is 2.32. The van der Waals surface area contributed by atoms with Crippen molar-refractivity contribution in [3.63, 3.8) is 0 Å². The molecule has 1 aromatic rings. The summed E-state index contributed by atoms with van der Waals surface area (Å²) >= 11 is 0. The molecule has 19 heavy (non-hydrogen) atoms. The number of benzene rings is 1. The van der Waals surface area contributed by atoms with Crippen molar-refractivity contribution in [1.82, 2.24) is 0 Å². The van der Waals surface area contributed by atoms with Gasteiger partial charge in [-0.25, -0.2) is 0 Å². The summed E-state index contributed by atoms with van der Waals surface area (Å²) in [6.07, 6.45) is 0. The molecule has 0 unspecified atom stereocenters. The molecule has 0 fully saturated rings. The SMILES string of the molecule is COCOc1[c-]c(C)c(OCOC)c(C)c1C.[Br-].[Mg+2]. The van der Waals surface area contributed by atoms with Gasteiger partial charge in [-0.3, -0.25) is 0 Å². The summed E-state index contributed by atoms with van der Waals surface area (Å²) in [4.78, 5) is 0. The van der Waals surface area contributed by atoms with Gasteiger partial charge < -0.3 is 35.9 Å². The van der Waals surface area contributed by atoms with E-state index < -0.39 is 0 Å². The molecule has 0 radical (unpaired) electrons. The Morgan fingerprint density at radius 2 is 1.42 bits per heavy atom. The molecule has 0 N–H and O–H groups in total. The van der Waals surface area contributed by atoms with Crippen molar-refractivity contribution in [2.75, 3.05) is 27.8 Å². The van der Waals surface area contributed by atoms with Gasteiger partial charge in [0.2, 0.25) is 0 Å². The van der Waals surface area contributed by atoms with Gasteiger partial charge in [0, 0.05) is 25.7 Å². The van der Waals surface area contributed by atoms with Crippen LogP contribution < -0.4 is 26.5 Å². The molecule has 4 nitrogen and oxygen atoms in total. The fraction of sp³-hybridized carbons (Fsp3) is 0.538. The third-order valence-electron chi connectivity index (χ3n) is 2.53. The van der Waals surface area contributed by atoms with E-state index in [1.807, 2.05) is 20.8 Å². The molecule has 6 heteroatoms. The Morgan fingerprint density at radius 1 is 0.895 bits per heavy atom. The van der Waals surface area contributed by atoms with E-state index in [1.54, 1.807) is 14.2 Å². The van der Waals surface area contributed by atoms with Crippen molar-refractivity contribution < 1.29 is 35.9 Å². The summed E-state index contributed by atoms with van der Waals surface area (Å²) in [5, 5.41) is 0. The van der Waals surface area contributed by atoms with Gasteiger partial charge in [0.05, 0.1) is 0 Å². The Morgan fingerprint density at radius 3 is 1.95 bits per heavy atom. The van der Waals surface area contributed by atoms with E-state index in [-0.39, 0.29) is 53.6 Å². The summed E-state index contributed by atoms with van der Waals surface area (Å²) in [5.41, 5.74) is 2.93. The smallest absolute Gasteiger partial charge is 1.00 e. The standard InChI is InChI=1S/C13H19O4.BrH.Mg/c1-9-6-12(16-7-14-4)10(2)11(3)13(9)17-8-15-5;;/h7-8H2,1-5H3;1H;/q-1;;+2/p-1. The van der Waals surface area contributed by atoms with E-state index in [1.165, 1.54) is 0 Å². The molecule has 1 rings (SSSR count). The summed E-state index contributed by atoms with van der Waals surface area (Å²) in [6, 6.07) is 3.15. The largest absolute Gasteiger partial charge is 2.00 e. The van der Waals surface area contributed by atoms with Crippen LogP contribution in [0.2, 0.25) is 0 Å². The molecule has 0 aliphatic carbocycles. The Bertz CT molecular complexity index is 385. The number of hydrogen-bond acceptors (Lipinski definition) is 4. The molecular weight excluding hydrogens is 324 g/mol. The van der Waals surface area contributed by atoms with Crippen LogP contribution in [0.3, 0.4) is 0 Å². The third-order valence-corrected chi connectivity index (χ3v) is 2.53. The van der Waals surface area contributed by atoms with Gasteiger partial charge in [-0.15, -0.1) is 22.8 Å². The molecule has 0 aliphatic heterocycles. The Hall–Kier alpha value is -0.0138. The zero-order chi connectivity index (χ0) is 12.8. The first-order valence-corrected chi connectivity index (χ1v) is 5.38. The molecule has 0 atom stereocenters. The minimum atomic E-state index is 0. The predicted molar refractivity (Wildman–Crippen MR) is 70.3 cm³/mol. The first kappa shape index (κ1) is 21.3. The maximum absolute atomic E-state index is 5.52. The van der Waals surface area contributed by atoms with Crippen LogP contribution in [0.1, 0.15) is 16.7 Å². The maximum Gasteiger partial charge on any atom is 2.00 e. The minimum absolute atomic E-state index is 0. The molecule has 0 heterocycles. The van der Waals surface area contributed by atoms with E-state index in [0.717, 1.165) is 22.4 Å². The van der Waals surface area contributed by atoms with Gasteiger partial charge in [-0.2, -0.15) is 0 Å².